The number of aromatic amines is 1. The predicted molar refractivity (Wildman–Crippen MR) is 65.5 cm³/mol. The molecule has 0 bridgehead atoms. The minimum Gasteiger partial charge on any atom is -0.360 e. The summed E-state index contributed by atoms with van der Waals surface area (Å²) in [5.41, 5.74) is 2.35. The van der Waals surface area contributed by atoms with Crippen molar-refractivity contribution in [3.63, 3.8) is 0 Å². The van der Waals surface area contributed by atoms with E-state index in [-0.39, 0.29) is 0 Å². The lowest BCUT2D eigenvalue weighted by molar-refractivity contribution is 0.610. The summed E-state index contributed by atoms with van der Waals surface area (Å²) in [5, 5.41) is 5.25. The largest absolute Gasteiger partial charge is 0.360 e. The van der Waals surface area contributed by atoms with Crippen LogP contribution in [-0.4, -0.2) is 18.1 Å². The van der Waals surface area contributed by atoms with Crippen molar-refractivity contribution in [2.45, 2.75) is 19.4 Å². The van der Waals surface area contributed by atoms with Crippen molar-refractivity contribution >= 4 is 22.5 Å². The second-order valence-corrected chi connectivity index (χ2v) is 4.28. The maximum absolute atomic E-state index is 6.09. The van der Waals surface area contributed by atoms with E-state index in [0.717, 1.165) is 17.0 Å². The quantitative estimate of drug-likeness (QED) is 0.821. The monoisotopic (exact) mass is 222 g/mol. The number of hydrogen-bond donors (Lipinski definition) is 2. The van der Waals surface area contributed by atoms with Crippen LogP contribution >= 0.6 is 11.6 Å². The molecule has 0 amide bonds. The first kappa shape index (κ1) is 10.5. The molecule has 0 saturated heterocycles. The van der Waals surface area contributed by atoms with E-state index in [1.54, 1.807) is 0 Å². The van der Waals surface area contributed by atoms with Crippen molar-refractivity contribution in [1.82, 2.24) is 10.3 Å². The van der Waals surface area contributed by atoms with E-state index in [9.17, 15) is 0 Å². The summed E-state index contributed by atoms with van der Waals surface area (Å²) in [4.78, 5) is 3.23. The molecule has 1 heterocycles. The number of H-pyrrole nitrogens is 1. The average Bonchev–Trinajstić information content (AvgIpc) is 2.63. The van der Waals surface area contributed by atoms with Gasteiger partial charge in [0.1, 0.15) is 0 Å². The Morgan fingerprint density at radius 2 is 2.27 bits per heavy atom. The van der Waals surface area contributed by atoms with Gasteiger partial charge in [-0.15, -0.1) is 0 Å². The Morgan fingerprint density at radius 3 is 3.00 bits per heavy atom. The summed E-state index contributed by atoms with van der Waals surface area (Å²) >= 11 is 6.09. The van der Waals surface area contributed by atoms with Gasteiger partial charge in [-0.3, -0.25) is 0 Å². The van der Waals surface area contributed by atoms with E-state index in [4.69, 9.17) is 11.6 Å². The molecule has 1 atom stereocenters. The number of hydrogen-bond acceptors (Lipinski definition) is 1. The van der Waals surface area contributed by atoms with Crippen molar-refractivity contribution in [3.8, 4) is 0 Å². The summed E-state index contributed by atoms with van der Waals surface area (Å²) in [6.07, 6.45) is 3.06. The molecule has 0 aliphatic rings. The molecule has 0 radical (unpaired) electrons. The van der Waals surface area contributed by atoms with E-state index in [1.165, 1.54) is 10.9 Å². The number of para-hydroxylation sites is 1. The third kappa shape index (κ3) is 2.01. The molecule has 1 aromatic carbocycles. The first-order valence-corrected chi connectivity index (χ1v) is 5.52. The number of halogens is 1. The van der Waals surface area contributed by atoms with E-state index in [0.29, 0.717) is 6.04 Å². The first-order valence-electron chi connectivity index (χ1n) is 5.14. The highest BCUT2D eigenvalue weighted by Gasteiger charge is 2.08. The highest BCUT2D eigenvalue weighted by atomic mass is 35.5. The summed E-state index contributed by atoms with van der Waals surface area (Å²) < 4.78 is 0. The zero-order valence-corrected chi connectivity index (χ0v) is 9.73. The predicted octanol–water partition coefficient (Wildman–Crippen LogP) is 2.97. The summed E-state index contributed by atoms with van der Waals surface area (Å²) in [5.74, 6) is 0. The van der Waals surface area contributed by atoms with Gasteiger partial charge in [-0.05, 0) is 32.0 Å². The molecule has 0 aliphatic carbocycles. The summed E-state index contributed by atoms with van der Waals surface area (Å²) in [6.45, 7) is 2.17. The van der Waals surface area contributed by atoms with Crippen LogP contribution in [0.15, 0.2) is 24.4 Å². The molecule has 15 heavy (non-hydrogen) atoms. The smallest absolute Gasteiger partial charge is 0.0647 e. The van der Waals surface area contributed by atoms with E-state index in [1.807, 2.05) is 25.4 Å². The fourth-order valence-corrected chi connectivity index (χ4v) is 2.01. The van der Waals surface area contributed by atoms with Crippen molar-refractivity contribution in [3.05, 3.63) is 35.0 Å². The number of rotatable bonds is 3. The molecule has 2 rings (SSSR count). The van der Waals surface area contributed by atoms with Crippen molar-refractivity contribution in [2.24, 2.45) is 0 Å². The van der Waals surface area contributed by atoms with Gasteiger partial charge >= 0.3 is 0 Å². The molecule has 0 fully saturated rings. The van der Waals surface area contributed by atoms with Gasteiger partial charge in [-0.1, -0.05) is 23.7 Å². The number of likely N-dealkylation sites (N-methyl/N-ethyl adjacent to an activating group) is 1. The molecule has 2 aromatic rings. The Balaban J connectivity index is 2.41. The minimum absolute atomic E-state index is 0.475. The molecule has 0 saturated carbocycles. The van der Waals surface area contributed by atoms with Gasteiger partial charge in [0.15, 0.2) is 0 Å². The number of fused-ring (bicyclic) bond motifs is 1. The van der Waals surface area contributed by atoms with Crippen LogP contribution in [0.2, 0.25) is 5.02 Å². The van der Waals surface area contributed by atoms with Crippen LogP contribution in [0.25, 0.3) is 10.9 Å². The Kier molecular flexibility index (Phi) is 2.98. The summed E-state index contributed by atoms with van der Waals surface area (Å²) in [6, 6.07) is 6.48. The molecule has 1 aromatic heterocycles. The zero-order chi connectivity index (χ0) is 10.8. The average molecular weight is 223 g/mol. The minimum atomic E-state index is 0.475. The lowest BCUT2D eigenvalue weighted by Gasteiger charge is -2.08. The van der Waals surface area contributed by atoms with Gasteiger partial charge in [0, 0.05) is 17.6 Å². The standard InChI is InChI=1S/C12H15ClN2/c1-8(14-2)6-9-7-15-12-10(9)4-3-5-11(12)13/h3-5,7-8,14-15H,6H2,1-2H3. The lowest BCUT2D eigenvalue weighted by atomic mass is 10.1. The van der Waals surface area contributed by atoms with Crippen LogP contribution in [0.4, 0.5) is 0 Å². The molecule has 0 spiro atoms. The normalized spacial score (nSPS) is 13.3. The number of nitrogens with one attached hydrogen (secondary N) is 2. The summed E-state index contributed by atoms with van der Waals surface area (Å²) in [7, 11) is 1.98. The Hall–Kier alpha value is -0.990. The maximum atomic E-state index is 6.09. The topological polar surface area (TPSA) is 27.8 Å². The van der Waals surface area contributed by atoms with Crippen LogP contribution in [0, 0.1) is 0 Å². The molecule has 80 valence electrons. The molecule has 2 nitrogen and oxygen atoms in total. The molecule has 3 heteroatoms. The van der Waals surface area contributed by atoms with E-state index < -0.39 is 0 Å². The van der Waals surface area contributed by atoms with Gasteiger partial charge in [0.25, 0.3) is 0 Å². The first-order chi connectivity index (χ1) is 7.22. The zero-order valence-electron chi connectivity index (χ0n) is 8.97. The second-order valence-electron chi connectivity index (χ2n) is 3.87. The molecular weight excluding hydrogens is 208 g/mol. The van der Waals surface area contributed by atoms with Crippen LogP contribution < -0.4 is 5.32 Å². The molecular formula is C12H15ClN2. The van der Waals surface area contributed by atoms with Gasteiger partial charge < -0.3 is 10.3 Å². The van der Waals surface area contributed by atoms with Gasteiger partial charge in [-0.2, -0.15) is 0 Å². The van der Waals surface area contributed by atoms with Crippen molar-refractivity contribution < 1.29 is 0 Å². The van der Waals surface area contributed by atoms with E-state index in [2.05, 4.69) is 23.3 Å². The Bertz CT molecular complexity index is 462. The number of aromatic nitrogens is 1. The molecule has 0 aliphatic heterocycles. The van der Waals surface area contributed by atoms with Crippen molar-refractivity contribution in [2.75, 3.05) is 7.05 Å². The van der Waals surface area contributed by atoms with Crippen LogP contribution in [0.3, 0.4) is 0 Å². The third-order valence-corrected chi connectivity index (χ3v) is 3.08. The van der Waals surface area contributed by atoms with Gasteiger partial charge in [0.05, 0.1) is 10.5 Å². The lowest BCUT2D eigenvalue weighted by Crippen LogP contribution is -2.23. The third-order valence-electron chi connectivity index (χ3n) is 2.77. The van der Waals surface area contributed by atoms with Crippen LogP contribution in [0.5, 0.6) is 0 Å². The fourth-order valence-electron chi connectivity index (χ4n) is 1.78. The van der Waals surface area contributed by atoms with Crippen LogP contribution in [-0.2, 0) is 6.42 Å². The van der Waals surface area contributed by atoms with Crippen LogP contribution in [0.1, 0.15) is 12.5 Å². The Labute approximate surface area is 94.6 Å². The highest BCUT2D eigenvalue weighted by molar-refractivity contribution is 6.35. The van der Waals surface area contributed by atoms with E-state index >= 15 is 0 Å². The molecule has 1 unspecified atom stereocenters. The SMILES string of the molecule is CNC(C)Cc1c[nH]c2c(Cl)cccc12. The van der Waals surface area contributed by atoms with Crippen molar-refractivity contribution in [1.29, 1.82) is 0 Å². The highest BCUT2D eigenvalue weighted by Crippen LogP contribution is 2.25. The molecule has 2 N–H and O–H groups in total. The van der Waals surface area contributed by atoms with Gasteiger partial charge in [-0.25, -0.2) is 0 Å². The van der Waals surface area contributed by atoms with Gasteiger partial charge in [0.2, 0.25) is 0 Å². The Morgan fingerprint density at radius 1 is 1.47 bits per heavy atom. The fraction of sp³-hybridized carbons (Fsp3) is 0.333. The number of benzene rings is 1. The maximum Gasteiger partial charge on any atom is 0.0647 e. The second kappa shape index (κ2) is 4.25.